The van der Waals surface area contributed by atoms with Crippen LogP contribution in [0.25, 0.3) is 0 Å². The fourth-order valence-electron chi connectivity index (χ4n) is 9.81. The number of amides is 10. The molecule has 2 aliphatic heterocycles. The Labute approximate surface area is 523 Å². The number of aliphatic carboxylic acids is 3. The molecule has 2 aliphatic rings. The highest BCUT2D eigenvalue weighted by molar-refractivity contribution is 5.99. The number of nitrogens with one attached hydrogen (secondary N) is 8. The summed E-state index contributed by atoms with van der Waals surface area (Å²) >= 11 is 0. The van der Waals surface area contributed by atoms with Crippen molar-refractivity contribution in [1.82, 2.24) is 52.3 Å². The largest absolute Gasteiger partial charge is 0.508 e. The molecule has 1 aromatic rings. The van der Waals surface area contributed by atoms with E-state index in [0.717, 1.165) is 9.80 Å². The number of aliphatic hydroxyl groups excluding tert-OH is 2. The van der Waals surface area contributed by atoms with Gasteiger partial charge in [-0.15, -0.1) is 0 Å². The third-order valence-corrected chi connectivity index (χ3v) is 14.5. The fraction of sp³-hybridized carbons (Fsp3) is 0.618. The highest BCUT2D eigenvalue weighted by Crippen LogP contribution is 2.23. The number of phenols is 1. The first-order chi connectivity index (χ1) is 43.0. The molecule has 10 unspecified atom stereocenters. The fourth-order valence-corrected chi connectivity index (χ4v) is 9.81. The van der Waals surface area contributed by atoms with Crippen LogP contribution in [-0.2, 0) is 68.7 Å². The van der Waals surface area contributed by atoms with Crippen LogP contribution in [0.5, 0.6) is 5.75 Å². The van der Waals surface area contributed by atoms with Crippen molar-refractivity contribution in [3.05, 3.63) is 29.8 Å². The summed E-state index contributed by atoms with van der Waals surface area (Å²) in [7, 11) is 0. The van der Waals surface area contributed by atoms with Crippen LogP contribution in [0.1, 0.15) is 103 Å². The normalized spacial score (nSPS) is 17.0. The van der Waals surface area contributed by atoms with Gasteiger partial charge in [0.2, 0.25) is 59.1 Å². The number of likely N-dealkylation sites (tertiary alicyclic amines) is 2. The number of nitrogens with two attached hydrogens (primary N) is 5. The summed E-state index contributed by atoms with van der Waals surface area (Å²) in [6.07, 6.45) is -2.17. The molecule has 10 atom stereocenters. The number of aliphatic imine (C=N–C) groups is 2. The molecule has 36 nitrogen and oxygen atoms in total. The van der Waals surface area contributed by atoms with E-state index >= 15 is 0 Å². The maximum Gasteiger partial charge on any atom is 0.326 e. The van der Waals surface area contributed by atoms with Gasteiger partial charge in [-0.25, -0.2) is 4.79 Å². The highest BCUT2D eigenvalue weighted by Gasteiger charge is 2.42. The Kier molecular flexibility index (Phi) is 31.8. The van der Waals surface area contributed by atoms with Gasteiger partial charge in [-0.2, -0.15) is 0 Å². The molecule has 36 heteroatoms. The van der Waals surface area contributed by atoms with Crippen LogP contribution in [0.15, 0.2) is 34.3 Å². The first-order valence-electron chi connectivity index (χ1n) is 29.5. The maximum atomic E-state index is 14.6. The number of benzene rings is 1. The Balaban J connectivity index is 1.86. The van der Waals surface area contributed by atoms with Gasteiger partial charge in [0.15, 0.2) is 11.9 Å². The second-order valence-electron chi connectivity index (χ2n) is 22.2. The molecular formula is C55H87N17O19. The summed E-state index contributed by atoms with van der Waals surface area (Å²) in [5.74, 6) is -14.6. The smallest absolute Gasteiger partial charge is 0.326 e. The monoisotopic (exact) mass is 1290 g/mol. The molecule has 506 valence electrons. The van der Waals surface area contributed by atoms with Crippen molar-refractivity contribution < 1.29 is 93.0 Å². The first kappa shape index (κ1) is 75.8. The number of nitrogens with zero attached hydrogens (tertiary/aromatic N) is 4. The van der Waals surface area contributed by atoms with Gasteiger partial charge in [0.1, 0.15) is 66.2 Å². The number of carboxylic acids is 3. The van der Waals surface area contributed by atoms with E-state index in [1.54, 1.807) is 13.8 Å². The van der Waals surface area contributed by atoms with Crippen LogP contribution in [0.2, 0.25) is 0 Å². The lowest BCUT2D eigenvalue weighted by Crippen LogP contribution is -2.60. The second-order valence-corrected chi connectivity index (χ2v) is 22.2. The molecule has 24 N–H and O–H groups in total. The number of phenolic OH excluding ortho intramolecular Hbond substituents is 1. The van der Waals surface area contributed by atoms with Crippen molar-refractivity contribution >= 4 is 88.9 Å². The van der Waals surface area contributed by atoms with E-state index in [1.165, 1.54) is 24.3 Å². The number of aromatic hydroxyl groups is 1. The molecule has 0 spiro atoms. The summed E-state index contributed by atoms with van der Waals surface area (Å²) in [6.45, 7) is 0.812. The number of aliphatic hydroxyl groups is 2. The molecule has 0 saturated carbocycles. The molecule has 0 radical (unpaired) electrons. The Bertz CT molecular complexity index is 2780. The van der Waals surface area contributed by atoms with Gasteiger partial charge < -0.3 is 112 Å². The van der Waals surface area contributed by atoms with Gasteiger partial charge in [0.05, 0.1) is 19.8 Å². The lowest BCUT2D eigenvalue weighted by atomic mass is 10.00. The Morgan fingerprint density at radius 2 is 1.00 bits per heavy atom. The molecule has 0 bridgehead atoms. The van der Waals surface area contributed by atoms with Gasteiger partial charge >= 0.3 is 17.9 Å². The molecule has 2 heterocycles. The van der Waals surface area contributed by atoms with Crippen molar-refractivity contribution in [2.24, 2.45) is 44.6 Å². The standard InChI is InChI=1S/C55H87N17O19/c1-28(2)23-36(69-49(86)39-9-5-21-71(39)51(88)33(15-17-42(77)78)64-41(76)25-63-45(82)32(7-3-19-61-54(57)58)65-44(81)31(56)26-73)46(83)68-37(24-29-11-13-30(75)14-12-29)47(84)66-34(16-18-43(79)80)52(89)72-22-6-10-40(72)50(87)70-38(27-74)48(85)67-35(53(90)91)8-4-20-62-55(59)60/h11-14,28,31-40,73-75H,3-10,15-27,56H2,1-2H3,(H,63,82)(H,64,76)(H,65,81)(H,66,84)(H,67,85)(H,68,83)(H,69,86)(H,70,87)(H,77,78)(H,79,80)(H,90,91)(H4,57,58,61)(H4,59,60,62). The van der Waals surface area contributed by atoms with Crippen molar-refractivity contribution in [3.8, 4) is 5.75 Å². The van der Waals surface area contributed by atoms with Crippen LogP contribution < -0.4 is 71.2 Å². The van der Waals surface area contributed by atoms with E-state index < -0.39 is 183 Å². The number of carbonyl (C=O) groups excluding carboxylic acids is 10. The van der Waals surface area contributed by atoms with E-state index in [2.05, 4.69) is 52.5 Å². The molecule has 2 saturated heterocycles. The predicted octanol–water partition coefficient (Wildman–Crippen LogP) is -7.29. The van der Waals surface area contributed by atoms with E-state index in [-0.39, 0.29) is 114 Å². The third-order valence-electron chi connectivity index (χ3n) is 14.5. The molecule has 0 aromatic heterocycles. The SMILES string of the molecule is CC(C)CC(NC(=O)C1CCCN1C(=O)C(CCC(=O)O)NC(=O)CNC(=O)C(CCCN=C(N)N)NC(=O)C(N)CO)C(=O)NC(Cc1ccc(O)cc1)C(=O)NC(CCC(=O)O)C(=O)N1CCCC1C(=O)NC(CO)C(=O)NC(CCCN=C(N)N)C(=O)O. The minimum Gasteiger partial charge on any atom is -0.508 e. The lowest BCUT2D eigenvalue weighted by molar-refractivity contribution is -0.144. The zero-order valence-corrected chi connectivity index (χ0v) is 50.7. The van der Waals surface area contributed by atoms with Crippen molar-refractivity contribution in [3.63, 3.8) is 0 Å². The van der Waals surface area contributed by atoms with Gasteiger partial charge in [-0.05, 0) is 94.2 Å². The zero-order valence-electron chi connectivity index (χ0n) is 50.7. The van der Waals surface area contributed by atoms with Crippen LogP contribution in [0, 0.1) is 5.92 Å². The van der Waals surface area contributed by atoms with Gasteiger partial charge in [-0.1, -0.05) is 26.0 Å². The van der Waals surface area contributed by atoms with Gasteiger partial charge in [0, 0.05) is 45.4 Å². The first-order valence-corrected chi connectivity index (χ1v) is 29.5. The number of hydrogen-bond acceptors (Lipinski definition) is 19. The number of guanidine groups is 2. The summed E-state index contributed by atoms with van der Waals surface area (Å²) in [5, 5.41) is 77.9. The van der Waals surface area contributed by atoms with E-state index in [9.17, 15) is 93.0 Å². The molecule has 0 aliphatic carbocycles. The average Bonchev–Trinajstić information content (AvgIpc) is 2.82. The number of carboxylic acid groups (broad SMARTS) is 3. The number of carbonyl (C=O) groups is 13. The minimum absolute atomic E-state index is 0.00166. The van der Waals surface area contributed by atoms with Gasteiger partial charge in [0.25, 0.3) is 0 Å². The summed E-state index contributed by atoms with van der Waals surface area (Å²) < 4.78 is 0. The van der Waals surface area contributed by atoms with Crippen LogP contribution in [0.4, 0.5) is 0 Å². The highest BCUT2D eigenvalue weighted by atomic mass is 16.4. The van der Waals surface area contributed by atoms with Crippen LogP contribution in [-0.4, -0.2) is 236 Å². The number of rotatable bonds is 39. The molecule has 2 fully saturated rings. The van der Waals surface area contributed by atoms with E-state index in [4.69, 9.17) is 28.7 Å². The molecule has 3 rings (SSSR count). The molecule has 10 amide bonds. The van der Waals surface area contributed by atoms with Gasteiger partial charge in [-0.3, -0.25) is 67.5 Å². The third kappa shape index (κ3) is 26.3. The van der Waals surface area contributed by atoms with Crippen LogP contribution >= 0.6 is 0 Å². The Morgan fingerprint density at radius 1 is 0.549 bits per heavy atom. The van der Waals surface area contributed by atoms with E-state index in [0.29, 0.717) is 5.56 Å². The lowest BCUT2D eigenvalue weighted by Gasteiger charge is -2.31. The second kappa shape index (κ2) is 38.2. The van der Waals surface area contributed by atoms with Crippen molar-refractivity contribution in [2.45, 2.75) is 164 Å². The van der Waals surface area contributed by atoms with Crippen molar-refractivity contribution in [1.29, 1.82) is 0 Å². The van der Waals surface area contributed by atoms with Crippen LogP contribution in [0.3, 0.4) is 0 Å². The maximum absolute atomic E-state index is 14.6. The minimum atomic E-state index is -1.71. The quantitative estimate of drug-likeness (QED) is 0.0165. The molecule has 1 aromatic carbocycles. The molecular weight excluding hydrogens is 1200 g/mol. The Morgan fingerprint density at radius 3 is 1.47 bits per heavy atom. The summed E-state index contributed by atoms with van der Waals surface area (Å²) in [4.78, 5) is 184. The molecule has 91 heavy (non-hydrogen) atoms. The van der Waals surface area contributed by atoms with E-state index in [1.807, 2.05) is 0 Å². The zero-order chi connectivity index (χ0) is 68.1. The topological polar surface area (TPSA) is 601 Å². The Hall–Kier alpha value is -9.45. The summed E-state index contributed by atoms with van der Waals surface area (Å²) in [6, 6.07) is -9.37. The van der Waals surface area contributed by atoms with Crippen molar-refractivity contribution in [2.75, 3.05) is 45.9 Å². The summed E-state index contributed by atoms with van der Waals surface area (Å²) in [5.41, 5.74) is 27.3. The average molecular weight is 1290 g/mol. The number of hydrogen-bond donors (Lipinski definition) is 19. The predicted molar refractivity (Wildman–Crippen MR) is 321 cm³/mol.